The van der Waals surface area contributed by atoms with Crippen LogP contribution in [0.5, 0.6) is 0 Å². The zero-order chi connectivity index (χ0) is 35.6. The minimum atomic E-state index is -0.337. The number of thiophene rings is 1. The molecule has 7 heteroatoms. The molecule has 0 fully saturated rings. The predicted octanol–water partition coefficient (Wildman–Crippen LogP) is 12.7. The van der Waals surface area contributed by atoms with Crippen LogP contribution in [-0.4, -0.2) is 20.9 Å². The molecule has 265 valence electrons. The molecule has 5 nitrogen and oxygen atoms in total. The molecule has 1 N–H and O–H groups in total. The van der Waals surface area contributed by atoms with Gasteiger partial charge in [-0.15, -0.1) is 40.5 Å². The van der Waals surface area contributed by atoms with E-state index in [2.05, 4.69) is 74.3 Å². The maximum atomic E-state index is 12.2. The molecule has 0 atom stereocenters. The summed E-state index contributed by atoms with van der Waals surface area (Å²) in [5.41, 5.74) is 4.50. The van der Waals surface area contributed by atoms with Crippen LogP contribution in [0.2, 0.25) is 0 Å². The monoisotopic (exact) mass is 866 g/mol. The molecule has 0 aliphatic heterocycles. The Bertz CT molecular complexity index is 2130. The third-order valence-corrected chi connectivity index (χ3v) is 11.6. The van der Waals surface area contributed by atoms with Gasteiger partial charge in [-0.1, -0.05) is 91.5 Å². The average Bonchev–Trinajstić information content (AvgIpc) is 3.78. The van der Waals surface area contributed by atoms with Crippen molar-refractivity contribution in [1.29, 1.82) is 0 Å². The van der Waals surface area contributed by atoms with Crippen LogP contribution >= 0.6 is 11.3 Å². The molecule has 1 radical (unpaired) electrons. The van der Waals surface area contributed by atoms with E-state index < -0.39 is 0 Å². The van der Waals surface area contributed by atoms with Gasteiger partial charge >= 0.3 is 0 Å². The van der Waals surface area contributed by atoms with Gasteiger partial charge in [0.05, 0.1) is 16.8 Å². The average molecular weight is 866 g/mol. The van der Waals surface area contributed by atoms with Crippen molar-refractivity contribution in [2.24, 2.45) is 10.8 Å². The number of nitrogens with zero attached hydrogens (tertiary/aromatic N) is 2. The number of aliphatic hydroxyl groups is 1. The minimum Gasteiger partial charge on any atom is -0.512 e. The Hall–Kier alpha value is -3.64. The number of hydrogen-bond acceptors (Lipinski definition) is 6. The van der Waals surface area contributed by atoms with Crippen LogP contribution in [0.15, 0.2) is 89.5 Å². The molecule has 4 heterocycles. The summed E-state index contributed by atoms with van der Waals surface area (Å²) in [6.45, 7) is 18.9. The quantitative estimate of drug-likeness (QED) is 0.0890. The number of carbonyl (C=O) groups is 1. The van der Waals surface area contributed by atoms with Gasteiger partial charge in [-0.25, -0.2) is 0 Å². The molecule has 0 bridgehead atoms. The molecule has 0 spiro atoms. The second kappa shape index (κ2) is 15.7. The molecule has 6 aromatic rings. The zero-order valence-electron chi connectivity index (χ0n) is 30.7. The van der Waals surface area contributed by atoms with E-state index in [1.165, 1.54) is 21.7 Å². The van der Waals surface area contributed by atoms with Crippen molar-refractivity contribution in [3.63, 3.8) is 0 Å². The van der Waals surface area contributed by atoms with Gasteiger partial charge in [-0.3, -0.25) is 14.8 Å². The summed E-state index contributed by atoms with van der Waals surface area (Å²) in [5.74, 6) is 0.286. The normalized spacial score (nSPS) is 12.5. The Morgan fingerprint density at radius 3 is 2.12 bits per heavy atom. The van der Waals surface area contributed by atoms with Crippen molar-refractivity contribution < 1.29 is 34.4 Å². The van der Waals surface area contributed by atoms with E-state index >= 15 is 0 Å². The zero-order valence-corrected chi connectivity index (χ0v) is 33.9. The summed E-state index contributed by atoms with van der Waals surface area (Å²) in [5, 5.41) is 14.7. The second-order valence-corrected chi connectivity index (χ2v) is 15.6. The maximum absolute atomic E-state index is 12.2. The maximum Gasteiger partial charge on any atom is 0.164 e. The molecule has 0 saturated heterocycles. The Balaban J connectivity index is 0.000000269. The minimum absolute atomic E-state index is 0. The third kappa shape index (κ3) is 7.81. The van der Waals surface area contributed by atoms with Gasteiger partial charge in [0, 0.05) is 65.2 Å². The first kappa shape index (κ1) is 39.2. The molecule has 0 saturated carbocycles. The van der Waals surface area contributed by atoms with E-state index in [1.54, 1.807) is 23.8 Å². The van der Waals surface area contributed by atoms with Crippen molar-refractivity contribution in [2.75, 3.05) is 0 Å². The van der Waals surface area contributed by atoms with Gasteiger partial charge in [0.2, 0.25) is 0 Å². The van der Waals surface area contributed by atoms with Gasteiger partial charge in [0.15, 0.2) is 5.78 Å². The van der Waals surface area contributed by atoms with Crippen molar-refractivity contribution in [3.8, 4) is 21.8 Å². The van der Waals surface area contributed by atoms with Crippen molar-refractivity contribution in [3.05, 3.63) is 96.7 Å². The number of ketones is 1. The topological polar surface area (TPSA) is 76.2 Å². The van der Waals surface area contributed by atoms with E-state index in [1.807, 2.05) is 59.9 Å². The standard InChI is InChI=1S/C28H21N2OS.C15H28O2.Ir/c1-28(2,3)22-15-18(14-17-6-4-5-7-19(17)22)26-21-16-25(32-24(21)9-12-29-26)27-20-10-13-31-23(20)8-11-30-27;1-7-14(5,8-2)12(16)11-13(17)15(6,9-3)10-4;/h4-13,15-16H,1-3H3;11,16H,7-10H2,1-6H3;/q-1;;/b;12-11-;. The third-order valence-electron chi connectivity index (χ3n) is 10.5. The number of aliphatic hydroxyl groups excluding tert-OH is 1. The molecule has 0 amide bonds. The van der Waals surface area contributed by atoms with E-state index in [-0.39, 0.29) is 47.9 Å². The number of carbonyl (C=O) groups excluding carboxylic acids is 1. The van der Waals surface area contributed by atoms with Crippen LogP contribution in [0.1, 0.15) is 93.6 Å². The van der Waals surface area contributed by atoms with Gasteiger partial charge < -0.3 is 9.52 Å². The van der Waals surface area contributed by atoms with Crippen molar-refractivity contribution in [2.45, 2.75) is 93.4 Å². The van der Waals surface area contributed by atoms with E-state index in [9.17, 15) is 9.90 Å². The predicted molar refractivity (Wildman–Crippen MR) is 206 cm³/mol. The van der Waals surface area contributed by atoms with Crippen LogP contribution in [0.4, 0.5) is 0 Å². The molecule has 0 unspecified atom stereocenters. The summed E-state index contributed by atoms with van der Waals surface area (Å²) in [6.07, 6.45) is 10.2. The summed E-state index contributed by atoms with van der Waals surface area (Å²) < 4.78 is 6.77. The van der Waals surface area contributed by atoms with Gasteiger partial charge in [-0.2, -0.15) is 0 Å². The molecule has 50 heavy (non-hydrogen) atoms. The summed E-state index contributed by atoms with van der Waals surface area (Å²) in [7, 11) is 0. The van der Waals surface area contributed by atoms with E-state index in [0.29, 0.717) is 0 Å². The van der Waals surface area contributed by atoms with Crippen LogP contribution in [0.25, 0.3) is 53.7 Å². The second-order valence-electron chi connectivity index (χ2n) is 14.5. The number of allylic oxidation sites excluding steroid dienone is 2. The van der Waals surface area contributed by atoms with Crippen molar-refractivity contribution in [1.82, 2.24) is 9.97 Å². The summed E-state index contributed by atoms with van der Waals surface area (Å²) in [4.78, 5) is 22.7. The SMILES string of the molecule is CC(C)(C)c1cc(-c2nccc3sc(-c4nccc5occc45)cc23)[c-]c2ccccc12.CCC(C)(CC)C(=O)/C=C(\O)C(C)(CC)CC.[Ir]. The first-order valence-corrected chi connectivity index (χ1v) is 18.2. The van der Waals surface area contributed by atoms with Gasteiger partial charge in [0.25, 0.3) is 0 Å². The fourth-order valence-corrected chi connectivity index (χ4v) is 7.11. The first-order valence-electron chi connectivity index (χ1n) is 17.4. The summed E-state index contributed by atoms with van der Waals surface area (Å²) >= 11 is 1.73. The number of hydrogen-bond donors (Lipinski definition) is 1. The Kier molecular flexibility index (Phi) is 12.3. The van der Waals surface area contributed by atoms with Crippen LogP contribution < -0.4 is 0 Å². The summed E-state index contributed by atoms with van der Waals surface area (Å²) in [6, 6.07) is 22.5. The molecule has 6 rings (SSSR count). The number of aromatic nitrogens is 2. The molecular weight excluding hydrogens is 817 g/mol. The molecule has 0 aliphatic carbocycles. The van der Waals surface area contributed by atoms with Crippen molar-refractivity contribution >= 4 is 48.9 Å². The first-order chi connectivity index (χ1) is 23.3. The fraction of sp³-hybridized carbons (Fsp3) is 0.372. The number of benzene rings is 2. The van der Waals surface area contributed by atoms with E-state index in [0.717, 1.165) is 69.3 Å². The Morgan fingerprint density at radius 1 is 0.820 bits per heavy atom. The largest absolute Gasteiger partial charge is 0.512 e. The smallest absolute Gasteiger partial charge is 0.164 e. The van der Waals surface area contributed by atoms with Gasteiger partial charge in [-0.05, 0) is 60.7 Å². The van der Waals surface area contributed by atoms with Gasteiger partial charge in [0.1, 0.15) is 11.3 Å². The molecule has 0 aliphatic rings. The number of fused-ring (bicyclic) bond motifs is 3. The van der Waals surface area contributed by atoms with E-state index in [4.69, 9.17) is 9.40 Å². The Morgan fingerprint density at radius 2 is 1.46 bits per heavy atom. The number of rotatable bonds is 9. The molecule has 4 aromatic heterocycles. The molecule has 2 aromatic carbocycles. The van der Waals surface area contributed by atoms with Crippen LogP contribution in [-0.2, 0) is 30.3 Å². The fourth-order valence-electron chi connectivity index (χ4n) is 6.05. The molecular formula is C43H49IrN2O3S-. The van der Waals surface area contributed by atoms with Crippen LogP contribution in [0, 0.1) is 16.9 Å². The Labute approximate surface area is 314 Å². The number of furan rings is 1. The number of pyridine rings is 2. The van der Waals surface area contributed by atoms with Crippen LogP contribution in [0.3, 0.4) is 0 Å².